The van der Waals surface area contributed by atoms with Crippen LogP contribution in [0.2, 0.25) is 0 Å². The first kappa shape index (κ1) is 16.5. The molecule has 3 N–H and O–H groups in total. The SMILES string of the molecule is CCNc1cc(N(CCOC)C(CC)CC)nc(N)n1. The zero-order valence-electron chi connectivity index (χ0n) is 13.0. The Kier molecular flexibility index (Phi) is 7.08. The number of ether oxygens (including phenoxy) is 1. The standard InChI is InChI=1S/C14H27N5O/c1-5-11(6-2)19(8-9-20-4)13-10-12(16-7-3)17-14(15)18-13/h10-11H,5-9H2,1-4H3,(H3,15,16,17,18). The van der Waals surface area contributed by atoms with Crippen LogP contribution in [0.4, 0.5) is 17.6 Å². The summed E-state index contributed by atoms with van der Waals surface area (Å²) < 4.78 is 5.21. The van der Waals surface area contributed by atoms with Gasteiger partial charge in [0.05, 0.1) is 6.61 Å². The molecule has 0 radical (unpaired) electrons. The number of nitrogens with two attached hydrogens (primary N) is 1. The van der Waals surface area contributed by atoms with E-state index in [1.807, 2.05) is 13.0 Å². The van der Waals surface area contributed by atoms with Crippen LogP contribution in [0.3, 0.4) is 0 Å². The van der Waals surface area contributed by atoms with Crippen molar-refractivity contribution in [2.45, 2.75) is 39.7 Å². The van der Waals surface area contributed by atoms with E-state index >= 15 is 0 Å². The highest BCUT2D eigenvalue weighted by Crippen LogP contribution is 2.21. The Balaban J connectivity index is 3.04. The molecule has 0 aliphatic carbocycles. The second kappa shape index (κ2) is 8.58. The van der Waals surface area contributed by atoms with E-state index < -0.39 is 0 Å². The third kappa shape index (κ3) is 4.52. The molecule has 0 fully saturated rings. The molecule has 0 aliphatic rings. The fourth-order valence-electron chi connectivity index (χ4n) is 2.27. The van der Waals surface area contributed by atoms with Crippen molar-refractivity contribution >= 4 is 17.6 Å². The van der Waals surface area contributed by atoms with Gasteiger partial charge in [0.2, 0.25) is 5.95 Å². The molecule has 1 rings (SSSR count). The van der Waals surface area contributed by atoms with E-state index in [9.17, 15) is 0 Å². The van der Waals surface area contributed by atoms with E-state index in [2.05, 4.69) is 34.0 Å². The molecule has 6 nitrogen and oxygen atoms in total. The first-order chi connectivity index (χ1) is 9.65. The molecule has 0 unspecified atom stereocenters. The Morgan fingerprint density at radius 2 is 2.00 bits per heavy atom. The third-order valence-corrected chi connectivity index (χ3v) is 3.30. The average Bonchev–Trinajstić information content (AvgIpc) is 2.43. The Bertz CT molecular complexity index is 395. The largest absolute Gasteiger partial charge is 0.383 e. The van der Waals surface area contributed by atoms with Crippen LogP contribution in [0.25, 0.3) is 0 Å². The van der Waals surface area contributed by atoms with E-state index in [0.29, 0.717) is 18.6 Å². The maximum atomic E-state index is 5.82. The molecule has 20 heavy (non-hydrogen) atoms. The Hall–Kier alpha value is -1.56. The maximum Gasteiger partial charge on any atom is 0.223 e. The van der Waals surface area contributed by atoms with Gasteiger partial charge in [-0.25, -0.2) is 0 Å². The summed E-state index contributed by atoms with van der Waals surface area (Å²) in [5.74, 6) is 1.93. The lowest BCUT2D eigenvalue weighted by molar-refractivity contribution is 0.202. The molecule has 0 aromatic carbocycles. The lowest BCUT2D eigenvalue weighted by Gasteiger charge is -2.31. The first-order valence-electron chi connectivity index (χ1n) is 7.30. The minimum atomic E-state index is 0.298. The van der Waals surface area contributed by atoms with Gasteiger partial charge >= 0.3 is 0 Å². The van der Waals surface area contributed by atoms with Gasteiger partial charge in [0.1, 0.15) is 11.6 Å². The molecular formula is C14H27N5O. The van der Waals surface area contributed by atoms with Gasteiger partial charge in [0, 0.05) is 32.3 Å². The van der Waals surface area contributed by atoms with E-state index in [4.69, 9.17) is 10.5 Å². The van der Waals surface area contributed by atoms with Crippen molar-refractivity contribution in [1.82, 2.24) is 9.97 Å². The minimum Gasteiger partial charge on any atom is -0.383 e. The maximum absolute atomic E-state index is 5.82. The molecule has 114 valence electrons. The smallest absolute Gasteiger partial charge is 0.223 e. The van der Waals surface area contributed by atoms with Gasteiger partial charge in [-0.3, -0.25) is 0 Å². The normalized spacial score (nSPS) is 10.8. The molecule has 0 amide bonds. The monoisotopic (exact) mass is 281 g/mol. The van der Waals surface area contributed by atoms with Crippen LogP contribution in [0.15, 0.2) is 6.07 Å². The quantitative estimate of drug-likeness (QED) is 0.722. The van der Waals surface area contributed by atoms with Crippen molar-refractivity contribution in [3.05, 3.63) is 6.07 Å². The molecule has 0 bridgehead atoms. The summed E-state index contributed by atoms with van der Waals surface area (Å²) in [7, 11) is 1.71. The summed E-state index contributed by atoms with van der Waals surface area (Å²) in [6.07, 6.45) is 2.11. The van der Waals surface area contributed by atoms with Crippen molar-refractivity contribution < 1.29 is 4.74 Å². The van der Waals surface area contributed by atoms with E-state index in [1.54, 1.807) is 7.11 Å². The number of nitrogens with one attached hydrogen (secondary N) is 1. The zero-order chi connectivity index (χ0) is 15.0. The summed E-state index contributed by atoms with van der Waals surface area (Å²) in [5.41, 5.74) is 5.82. The molecule has 0 saturated heterocycles. The fourth-order valence-corrected chi connectivity index (χ4v) is 2.27. The molecule has 6 heteroatoms. The molecule has 0 saturated carbocycles. The number of hydrogen-bond donors (Lipinski definition) is 2. The topological polar surface area (TPSA) is 76.3 Å². The minimum absolute atomic E-state index is 0.298. The highest BCUT2D eigenvalue weighted by atomic mass is 16.5. The van der Waals surface area contributed by atoms with Crippen LogP contribution in [-0.4, -0.2) is 42.8 Å². The van der Waals surface area contributed by atoms with Crippen LogP contribution in [-0.2, 0) is 4.74 Å². The van der Waals surface area contributed by atoms with E-state index in [1.165, 1.54) is 0 Å². The van der Waals surface area contributed by atoms with Crippen LogP contribution in [0.5, 0.6) is 0 Å². The predicted octanol–water partition coefficient (Wildman–Crippen LogP) is 2.13. The summed E-state index contributed by atoms with van der Waals surface area (Å²) in [6, 6.07) is 2.38. The Labute approximate surface area is 121 Å². The summed E-state index contributed by atoms with van der Waals surface area (Å²) >= 11 is 0. The molecule has 0 aliphatic heterocycles. The summed E-state index contributed by atoms with van der Waals surface area (Å²) in [6.45, 7) is 8.66. The van der Waals surface area contributed by atoms with Crippen LogP contribution in [0.1, 0.15) is 33.6 Å². The van der Waals surface area contributed by atoms with Gasteiger partial charge in [-0.05, 0) is 19.8 Å². The number of nitrogens with zero attached hydrogens (tertiary/aromatic N) is 3. The van der Waals surface area contributed by atoms with E-state index in [0.717, 1.165) is 37.6 Å². The van der Waals surface area contributed by atoms with Gasteiger partial charge in [0.25, 0.3) is 0 Å². The van der Waals surface area contributed by atoms with Crippen LogP contribution >= 0.6 is 0 Å². The molecule has 0 atom stereocenters. The van der Waals surface area contributed by atoms with Gasteiger partial charge in [-0.1, -0.05) is 13.8 Å². The van der Waals surface area contributed by atoms with Gasteiger partial charge in [-0.2, -0.15) is 9.97 Å². The zero-order valence-corrected chi connectivity index (χ0v) is 13.0. The van der Waals surface area contributed by atoms with Gasteiger partial charge < -0.3 is 20.7 Å². The van der Waals surface area contributed by atoms with Crippen molar-refractivity contribution in [2.75, 3.05) is 42.8 Å². The van der Waals surface area contributed by atoms with E-state index in [-0.39, 0.29) is 0 Å². The fraction of sp³-hybridized carbons (Fsp3) is 0.714. The number of rotatable bonds is 9. The Morgan fingerprint density at radius 1 is 1.30 bits per heavy atom. The van der Waals surface area contributed by atoms with Crippen molar-refractivity contribution in [2.24, 2.45) is 0 Å². The number of anilines is 3. The molecule has 1 heterocycles. The number of nitrogen functional groups attached to an aromatic ring is 1. The van der Waals surface area contributed by atoms with Crippen molar-refractivity contribution in [3.8, 4) is 0 Å². The lowest BCUT2D eigenvalue weighted by atomic mass is 10.1. The third-order valence-electron chi connectivity index (χ3n) is 3.30. The molecule has 1 aromatic heterocycles. The van der Waals surface area contributed by atoms with Gasteiger partial charge in [-0.15, -0.1) is 0 Å². The molecule has 0 spiro atoms. The number of methoxy groups -OCH3 is 1. The Morgan fingerprint density at radius 3 is 2.55 bits per heavy atom. The van der Waals surface area contributed by atoms with Crippen molar-refractivity contribution in [1.29, 1.82) is 0 Å². The highest BCUT2D eigenvalue weighted by molar-refractivity contribution is 5.53. The summed E-state index contributed by atoms with van der Waals surface area (Å²) in [4.78, 5) is 10.8. The molecule has 1 aromatic rings. The number of aromatic nitrogens is 2. The summed E-state index contributed by atoms with van der Waals surface area (Å²) in [5, 5.41) is 3.19. The van der Waals surface area contributed by atoms with Gasteiger partial charge in [0.15, 0.2) is 0 Å². The number of hydrogen-bond acceptors (Lipinski definition) is 6. The lowest BCUT2D eigenvalue weighted by Crippen LogP contribution is -2.38. The highest BCUT2D eigenvalue weighted by Gasteiger charge is 2.18. The second-order valence-electron chi connectivity index (χ2n) is 4.66. The predicted molar refractivity (Wildman–Crippen MR) is 84.2 cm³/mol. The average molecular weight is 281 g/mol. The second-order valence-corrected chi connectivity index (χ2v) is 4.66. The molecular weight excluding hydrogens is 254 g/mol. The van der Waals surface area contributed by atoms with Crippen LogP contribution in [0, 0.1) is 0 Å². The van der Waals surface area contributed by atoms with Crippen molar-refractivity contribution in [3.63, 3.8) is 0 Å². The first-order valence-corrected chi connectivity index (χ1v) is 7.30. The van der Waals surface area contributed by atoms with Crippen LogP contribution < -0.4 is 16.0 Å².